The van der Waals surface area contributed by atoms with Gasteiger partial charge >= 0.3 is 5.97 Å². The molecule has 1 atom stereocenters. The number of hydrogen-bond acceptors (Lipinski definition) is 4. The molecular weight excluding hydrogens is 442 g/mol. The Bertz CT molecular complexity index is 1180. The highest BCUT2D eigenvalue weighted by atomic mass is 19.1. The number of pyridine rings is 1. The highest BCUT2D eigenvalue weighted by molar-refractivity contribution is 5.97. The zero-order chi connectivity index (χ0) is 24.2. The minimum absolute atomic E-state index is 0.0411. The highest BCUT2D eigenvalue weighted by Crippen LogP contribution is 2.33. The molecule has 1 N–H and O–H groups in total. The average molecular weight is 471 g/mol. The van der Waals surface area contributed by atoms with Crippen molar-refractivity contribution in [2.24, 2.45) is 11.8 Å². The van der Waals surface area contributed by atoms with Crippen LogP contribution in [-0.2, 0) is 11.4 Å². The van der Waals surface area contributed by atoms with Gasteiger partial charge in [-0.3, -0.25) is 14.0 Å². The van der Waals surface area contributed by atoms with E-state index >= 15 is 0 Å². The summed E-state index contributed by atoms with van der Waals surface area (Å²) in [6.07, 6.45) is 6.99. The van der Waals surface area contributed by atoms with Gasteiger partial charge in [0, 0.05) is 19.0 Å². The number of carbonyl (C=O) groups is 2. The Morgan fingerprint density at radius 1 is 1.15 bits per heavy atom. The standard InChI is InChI=1S/C26H28F2N2O4/c1-16-25(22(31)13-18(14-24(32)33)12-17-6-2-3-7-17)30-11-5-10-23(26(30)29-16)34-15-19-20(27)8-4-9-21(19)28/h4-5,8-11,17-18H,2-3,6-7,12-15H2,1H3,(H,32,33)/t18-/m0/s1. The van der Waals surface area contributed by atoms with Crippen molar-refractivity contribution in [2.45, 2.75) is 58.5 Å². The van der Waals surface area contributed by atoms with E-state index in [4.69, 9.17) is 4.74 Å². The van der Waals surface area contributed by atoms with Crippen molar-refractivity contribution in [3.8, 4) is 5.75 Å². The second kappa shape index (κ2) is 10.3. The predicted molar refractivity (Wildman–Crippen MR) is 122 cm³/mol. The summed E-state index contributed by atoms with van der Waals surface area (Å²) in [6, 6.07) is 6.91. The molecule has 0 aliphatic heterocycles. The summed E-state index contributed by atoms with van der Waals surface area (Å²) in [5, 5.41) is 9.36. The molecule has 0 unspecified atom stereocenters. The van der Waals surface area contributed by atoms with Gasteiger partial charge in [0.05, 0.1) is 11.3 Å². The Morgan fingerprint density at radius 2 is 1.85 bits per heavy atom. The number of imidazole rings is 1. The van der Waals surface area contributed by atoms with E-state index in [1.54, 1.807) is 29.7 Å². The van der Waals surface area contributed by atoms with E-state index in [0.29, 0.717) is 28.7 Å². The van der Waals surface area contributed by atoms with E-state index in [-0.39, 0.29) is 36.7 Å². The number of carboxylic acid groups (broad SMARTS) is 1. The third-order valence-corrected chi connectivity index (χ3v) is 6.57. The number of rotatable bonds is 10. The maximum atomic E-state index is 14.0. The number of carbonyl (C=O) groups excluding carboxylic acids is 1. The number of carboxylic acids is 1. The summed E-state index contributed by atoms with van der Waals surface area (Å²) in [7, 11) is 0. The van der Waals surface area contributed by atoms with Crippen molar-refractivity contribution >= 4 is 17.4 Å². The van der Waals surface area contributed by atoms with Crippen LogP contribution in [0.2, 0.25) is 0 Å². The first-order chi connectivity index (χ1) is 16.3. The lowest BCUT2D eigenvalue weighted by atomic mass is 9.87. The van der Waals surface area contributed by atoms with Crippen molar-refractivity contribution in [1.29, 1.82) is 0 Å². The Hall–Kier alpha value is -3.29. The molecule has 4 rings (SSSR count). The summed E-state index contributed by atoms with van der Waals surface area (Å²) in [5.74, 6) is -1.95. The molecule has 0 bridgehead atoms. The number of nitrogens with zero attached hydrogens (tertiary/aromatic N) is 2. The molecule has 0 saturated heterocycles. The molecule has 3 aromatic rings. The molecular formula is C26H28F2N2O4. The van der Waals surface area contributed by atoms with E-state index in [1.807, 2.05) is 0 Å². The molecule has 2 heterocycles. The number of aryl methyl sites for hydroxylation is 1. The van der Waals surface area contributed by atoms with Crippen LogP contribution in [0.5, 0.6) is 5.75 Å². The number of aliphatic carboxylic acids is 1. The largest absolute Gasteiger partial charge is 0.485 e. The Balaban J connectivity index is 1.56. The maximum Gasteiger partial charge on any atom is 0.303 e. The van der Waals surface area contributed by atoms with Gasteiger partial charge in [-0.05, 0) is 49.4 Å². The van der Waals surface area contributed by atoms with Gasteiger partial charge < -0.3 is 9.84 Å². The predicted octanol–water partition coefficient (Wildman–Crippen LogP) is 5.74. The lowest BCUT2D eigenvalue weighted by molar-refractivity contribution is -0.138. The Kier molecular flexibility index (Phi) is 7.24. The second-order valence-corrected chi connectivity index (χ2v) is 9.08. The quantitative estimate of drug-likeness (QED) is 0.382. The minimum Gasteiger partial charge on any atom is -0.485 e. The Morgan fingerprint density at radius 3 is 2.53 bits per heavy atom. The lowest BCUT2D eigenvalue weighted by Gasteiger charge is -2.18. The van der Waals surface area contributed by atoms with E-state index in [1.165, 1.54) is 6.07 Å². The zero-order valence-corrected chi connectivity index (χ0v) is 19.1. The van der Waals surface area contributed by atoms with Gasteiger partial charge in [-0.2, -0.15) is 0 Å². The number of ketones is 1. The van der Waals surface area contributed by atoms with Crippen molar-refractivity contribution in [3.63, 3.8) is 0 Å². The number of aromatic nitrogens is 2. The molecule has 1 aliphatic rings. The van der Waals surface area contributed by atoms with E-state index in [2.05, 4.69) is 4.98 Å². The van der Waals surface area contributed by atoms with Crippen LogP contribution in [0, 0.1) is 30.4 Å². The smallest absolute Gasteiger partial charge is 0.303 e. The van der Waals surface area contributed by atoms with E-state index in [9.17, 15) is 23.5 Å². The lowest BCUT2D eigenvalue weighted by Crippen LogP contribution is -2.17. The number of ether oxygens (including phenoxy) is 1. The fourth-order valence-electron chi connectivity index (χ4n) is 4.99. The van der Waals surface area contributed by atoms with Crippen molar-refractivity contribution in [3.05, 3.63) is 65.1 Å². The molecule has 1 aromatic carbocycles. The molecule has 1 aliphatic carbocycles. The molecule has 8 heteroatoms. The first-order valence-electron chi connectivity index (χ1n) is 11.6. The fourth-order valence-corrected chi connectivity index (χ4v) is 4.99. The third-order valence-electron chi connectivity index (χ3n) is 6.57. The van der Waals surface area contributed by atoms with Crippen molar-refractivity contribution in [2.75, 3.05) is 0 Å². The summed E-state index contributed by atoms with van der Waals surface area (Å²) in [6.45, 7) is 1.39. The fraction of sp³-hybridized carbons (Fsp3) is 0.423. The Labute approximate surface area is 196 Å². The third kappa shape index (κ3) is 5.26. The monoisotopic (exact) mass is 470 g/mol. The van der Waals surface area contributed by atoms with Gasteiger partial charge in [0.25, 0.3) is 0 Å². The van der Waals surface area contributed by atoms with E-state index < -0.39 is 17.6 Å². The van der Waals surface area contributed by atoms with Crippen LogP contribution in [0.4, 0.5) is 8.78 Å². The molecule has 2 aromatic heterocycles. The van der Waals surface area contributed by atoms with Crippen molar-refractivity contribution in [1.82, 2.24) is 9.38 Å². The first-order valence-corrected chi connectivity index (χ1v) is 11.6. The van der Waals surface area contributed by atoms with Crippen LogP contribution in [0.25, 0.3) is 5.65 Å². The van der Waals surface area contributed by atoms with Gasteiger partial charge in [-0.25, -0.2) is 13.8 Å². The van der Waals surface area contributed by atoms with Gasteiger partial charge in [0.15, 0.2) is 17.2 Å². The summed E-state index contributed by atoms with van der Waals surface area (Å²) < 4.78 is 35.2. The normalized spacial score (nSPS) is 15.0. The number of Topliss-reactive ketones (excluding diaryl/α,β-unsaturated/α-hetero) is 1. The number of benzene rings is 1. The number of fused-ring (bicyclic) bond motifs is 1. The van der Waals surface area contributed by atoms with Crippen LogP contribution in [0.1, 0.15) is 66.7 Å². The van der Waals surface area contributed by atoms with Gasteiger partial charge in [-0.1, -0.05) is 31.7 Å². The van der Waals surface area contributed by atoms with Crippen LogP contribution in [-0.4, -0.2) is 26.2 Å². The number of hydrogen-bond donors (Lipinski definition) is 1. The average Bonchev–Trinajstić information content (AvgIpc) is 3.39. The summed E-state index contributed by atoms with van der Waals surface area (Å²) in [4.78, 5) is 29.2. The molecule has 0 radical (unpaired) electrons. The molecule has 1 saturated carbocycles. The summed E-state index contributed by atoms with van der Waals surface area (Å²) >= 11 is 0. The SMILES string of the molecule is Cc1nc2c(OCc3c(F)cccc3F)cccn2c1C(=O)C[C@@H](CC(=O)O)CC1CCCC1. The van der Waals surface area contributed by atoms with Gasteiger partial charge in [0.2, 0.25) is 0 Å². The molecule has 180 valence electrons. The first kappa shape index (κ1) is 23.9. The molecule has 6 nitrogen and oxygen atoms in total. The van der Waals surface area contributed by atoms with Gasteiger partial charge in [-0.15, -0.1) is 0 Å². The zero-order valence-electron chi connectivity index (χ0n) is 19.1. The van der Waals surface area contributed by atoms with Crippen LogP contribution in [0.15, 0.2) is 36.5 Å². The van der Waals surface area contributed by atoms with Crippen LogP contribution in [0.3, 0.4) is 0 Å². The molecule has 0 spiro atoms. The molecule has 0 amide bonds. The highest BCUT2D eigenvalue weighted by Gasteiger charge is 2.27. The second-order valence-electron chi connectivity index (χ2n) is 9.08. The topological polar surface area (TPSA) is 80.9 Å². The maximum absolute atomic E-state index is 14.0. The van der Waals surface area contributed by atoms with Crippen molar-refractivity contribution < 1.29 is 28.2 Å². The van der Waals surface area contributed by atoms with Crippen LogP contribution >= 0.6 is 0 Å². The van der Waals surface area contributed by atoms with Gasteiger partial charge in [0.1, 0.15) is 23.9 Å². The number of halogens is 2. The van der Waals surface area contributed by atoms with Crippen LogP contribution < -0.4 is 4.74 Å². The van der Waals surface area contributed by atoms with E-state index in [0.717, 1.165) is 44.2 Å². The summed E-state index contributed by atoms with van der Waals surface area (Å²) in [5.41, 5.74) is 1.05. The minimum atomic E-state index is -0.901. The molecule has 1 fully saturated rings. The molecule has 34 heavy (non-hydrogen) atoms.